The van der Waals surface area contributed by atoms with E-state index in [2.05, 4.69) is 34.2 Å². The number of hydrogen-bond acceptors (Lipinski definition) is 6. The molecule has 2 aromatic heterocycles. The zero-order chi connectivity index (χ0) is 18.5. The van der Waals surface area contributed by atoms with Gasteiger partial charge in [-0.15, -0.1) is 22.7 Å². The summed E-state index contributed by atoms with van der Waals surface area (Å²) in [4.78, 5) is 22.4. The number of carbonyl (C=O) groups is 1. The van der Waals surface area contributed by atoms with Crippen molar-refractivity contribution in [2.24, 2.45) is 0 Å². The Morgan fingerprint density at radius 1 is 1.23 bits per heavy atom. The van der Waals surface area contributed by atoms with E-state index in [-0.39, 0.29) is 12.4 Å². The summed E-state index contributed by atoms with van der Waals surface area (Å²) < 4.78 is 0. The van der Waals surface area contributed by atoms with E-state index in [1.807, 2.05) is 25.3 Å². The molecular weight excluding hydrogens is 364 g/mol. The van der Waals surface area contributed by atoms with Crippen LogP contribution in [0.2, 0.25) is 0 Å². The third kappa shape index (κ3) is 4.52. The molecular formula is C20H20N2O2S2. The van der Waals surface area contributed by atoms with Gasteiger partial charge >= 0.3 is 0 Å². The van der Waals surface area contributed by atoms with Crippen LogP contribution in [0, 0.1) is 6.92 Å². The van der Waals surface area contributed by atoms with Crippen molar-refractivity contribution in [1.29, 1.82) is 0 Å². The first-order chi connectivity index (χ1) is 12.6. The van der Waals surface area contributed by atoms with Gasteiger partial charge in [0.05, 0.1) is 11.5 Å². The van der Waals surface area contributed by atoms with Gasteiger partial charge in [-0.2, -0.15) is 0 Å². The molecule has 0 aliphatic heterocycles. The molecule has 0 atom stereocenters. The van der Waals surface area contributed by atoms with Gasteiger partial charge in [-0.25, -0.2) is 9.97 Å². The smallest absolute Gasteiger partial charge is 0.183 e. The highest BCUT2D eigenvalue weighted by Crippen LogP contribution is 2.31. The molecule has 0 fully saturated rings. The van der Waals surface area contributed by atoms with Crippen LogP contribution in [-0.4, -0.2) is 27.5 Å². The summed E-state index contributed by atoms with van der Waals surface area (Å²) in [6.07, 6.45) is 4.66. The van der Waals surface area contributed by atoms with Crippen molar-refractivity contribution in [1.82, 2.24) is 9.97 Å². The monoisotopic (exact) mass is 384 g/mol. The summed E-state index contributed by atoms with van der Waals surface area (Å²) in [6.45, 7) is 3.84. The number of carbonyl (C=O) groups excluding carboxylic acids is 1. The maximum Gasteiger partial charge on any atom is 0.183 e. The maximum atomic E-state index is 12.8. The van der Waals surface area contributed by atoms with Crippen LogP contribution in [0.4, 0.5) is 0 Å². The first kappa shape index (κ1) is 18.6. The van der Waals surface area contributed by atoms with Crippen molar-refractivity contribution >= 4 is 34.5 Å². The lowest BCUT2D eigenvalue weighted by Gasteiger charge is -2.02. The van der Waals surface area contributed by atoms with E-state index in [0.717, 1.165) is 26.0 Å². The van der Waals surface area contributed by atoms with Gasteiger partial charge in [0.15, 0.2) is 15.8 Å². The van der Waals surface area contributed by atoms with Crippen molar-refractivity contribution in [3.05, 3.63) is 63.1 Å². The van der Waals surface area contributed by atoms with E-state index in [1.54, 1.807) is 6.20 Å². The first-order valence-electron chi connectivity index (χ1n) is 8.34. The lowest BCUT2D eigenvalue weighted by molar-refractivity contribution is 0.0978. The van der Waals surface area contributed by atoms with Gasteiger partial charge in [0.1, 0.15) is 5.69 Å². The van der Waals surface area contributed by atoms with Crippen LogP contribution in [0.3, 0.4) is 0 Å². The molecule has 0 radical (unpaired) electrons. The number of hydrogen-bond donors (Lipinski definition) is 1. The number of rotatable bonds is 7. The standard InChI is InChI=1S/C20H20N2O2S2/c1-13-3-5-15(6-4-13)7-8-16(24)18-17(11-14(2)12-23)26-20(22-18)19-21-9-10-25-19/h3-6,9-11,23H,7-8,12H2,1-2H3/b14-11+. The summed E-state index contributed by atoms with van der Waals surface area (Å²) in [5, 5.41) is 12.8. The van der Waals surface area contributed by atoms with E-state index in [1.165, 1.54) is 28.2 Å². The highest BCUT2D eigenvalue weighted by molar-refractivity contribution is 7.21. The minimum Gasteiger partial charge on any atom is -0.392 e. The van der Waals surface area contributed by atoms with E-state index in [4.69, 9.17) is 0 Å². The third-order valence-corrected chi connectivity index (χ3v) is 5.84. The minimum absolute atomic E-state index is 0.0154. The van der Waals surface area contributed by atoms with Crippen molar-refractivity contribution in [2.75, 3.05) is 6.61 Å². The van der Waals surface area contributed by atoms with E-state index < -0.39 is 0 Å². The molecule has 0 aliphatic carbocycles. The fourth-order valence-electron chi connectivity index (χ4n) is 2.45. The Bertz CT molecular complexity index is 910. The molecule has 134 valence electrons. The number of aryl methyl sites for hydroxylation is 2. The molecule has 1 N–H and O–H groups in total. The average Bonchev–Trinajstić information content (AvgIpc) is 3.30. The van der Waals surface area contributed by atoms with E-state index >= 15 is 0 Å². The van der Waals surface area contributed by atoms with Gasteiger partial charge in [-0.3, -0.25) is 4.79 Å². The molecule has 3 rings (SSSR count). The molecule has 3 aromatic rings. The number of ketones is 1. The zero-order valence-corrected chi connectivity index (χ0v) is 16.4. The van der Waals surface area contributed by atoms with Crippen LogP contribution < -0.4 is 0 Å². The average molecular weight is 385 g/mol. The normalized spacial score (nSPS) is 11.7. The maximum absolute atomic E-state index is 12.8. The molecule has 0 spiro atoms. The number of Topliss-reactive ketones (excluding diaryl/α,β-unsaturated/α-hetero) is 1. The Balaban J connectivity index is 1.84. The highest BCUT2D eigenvalue weighted by Gasteiger charge is 2.19. The SMILES string of the molecule is C/C(=C\c1sc(-c2nccs2)nc1C(=O)CCc1ccc(C)cc1)CO. The number of thiazole rings is 2. The Labute approximate surface area is 160 Å². The number of aliphatic hydroxyl groups excluding tert-OH is 1. The molecule has 1 aromatic carbocycles. The minimum atomic E-state index is -0.0402. The second-order valence-electron chi connectivity index (χ2n) is 6.13. The second-order valence-corrected chi connectivity index (χ2v) is 8.05. The largest absolute Gasteiger partial charge is 0.392 e. The topological polar surface area (TPSA) is 63.1 Å². The molecule has 0 aliphatic rings. The van der Waals surface area contributed by atoms with Crippen LogP contribution in [-0.2, 0) is 6.42 Å². The van der Waals surface area contributed by atoms with Crippen LogP contribution in [0.5, 0.6) is 0 Å². The third-order valence-electron chi connectivity index (χ3n) is 3.92. The Kier molecular flexibility index (Phi) is 6.08. The number of aromatic nitrogens is 2. The predicted octanol–water partition coefficient (Wildman–Crippen LogP) is 4.79. The van der Waals surface area contributed by atoms with Gasteiger partial charge in [0.2, 0.25) is 0 Å². The second kappa shape index (κ2) is 8.49. The van der Waals surface area contributed by atoms with Gasteiger partial charge in [-0.1, -0.05) is 29.8 Å². The van der Waals surface area contributed by atoms with Crippen LogP contribution in [0.25, 0.3) is 16.1 Å². The first-order valence-corrected chi connectivity index (χ1v) is 10.0. The van der Waals surface area contributed by atoms with Crippen molar-refractivity contribution in [2.45, 2.75) is 26.7 Å². The van der Waals surface area contributed by atoms with Crippen molar-refractivity contribution in [3.63, 3.8) is 0 Å². The van der Waals surface area contributed by atoms with Gasteiger partial charge < -0.3 is 5.11 Å². The number of aliphatic hydroxyl groups is 1. The van der Waals surface area contributed by atoms with E-state index in [0.29, 0.717) is 18.5 Å². The van der Waals surface area contributed by atoms with Crippen LogP contribution >= 0.6 is 22.7 Å². The van der Waals surface area contributed by atoms with Crippen molar-refractivity contribution in [3.8, 4) is 10.0 Å². The molecule has 0 bridgehead atoms. The number of benzene rings is 1. The Morgan fingerprint density at radius 2 is 2.00 bits per heavy atom. The number of nitrogens with zero attached hydrogens (tertiary/aromatic N) is 2. The molecule has 2 heterocycles. The molecule has 26 heavy (non-hydrogen) atoms. The summed E-state index contributed by atoms with van der Waals surface area (Å²) >= 11 is 2.94. The fraction of sp³-hybridized carbons (Fsp3) is 0.250. The summed E-state index contributed by atoms with van der Waals surface area (Å²) in [5.74, 6) is 0.0154. The van der Waals surface area contributed by atoms with Crippen LogP contribution in [0.1, 0.15) is 39.8 Å². The Morgan fingerprint density at radius 3 is 2.65 bits per heavy atom. The molecule has 4 nitrogen and oxygen atoms in total. The van der Waals surface area contributed by atoms with E-state index in [9.17, 15) is 9.90 Å². The molecule has 0 saturated heterocycles. The lowest BCUT2D eigenvalue weighted by Crippen LogP contribution is -2.04. The molecule has 0 amide bonds. The van der Waals surface area contributed by atoms with Gasteiger partial charge in [-0.05, 0) is 37.5 Å². The van der Waals surface area contributed by atoms with Crippen LogP contribution in [0.15, 0.2) is 41.4 Å². The Hall–Kier alpha value is -2.15. The molecule has 0 saturated carbocycles. The van der Waals surface area contributed by atoms with Gasteiger partial charge in [0.25, 0.3) is 0 Å². The quantitative estimate of drug-likeness (QED) is 0.595. The zero-order valence-electron chi connectivity index (χ0n) is 14.7. The summed E-state index contributed by atoms with van der Waals surface area (Å²) in [7, 11) is 0. The predicted molar refractivity (Wildman–Crippen MR) is 108 cm³/mol. The van der Waals surface area contributed by atoms with Gasteiger partial charge in [0, 0.05) is 18.0 Å². The fourth-order valence-corrected chi connectivity index (χ4v) is 4.24. The molecule has 6 heteroatoms. The molecule has 0 unspecified atom stereocenters. The van der Waals surface area contributed by atoms with Crippen molar-refractivity contribution < 1.29 is 9.90 Å². The highest BCUT2D eigenvalue weighted by atomic mass is 32.1. The summed E-state index contributed by atoms with van der Waals surface area (Å²) in [5.41, 5.74) is 3.62. The lowest BCUT2D eigenvalue weighted by atomic mass is 10.0. The summed E-state index contributed by atoms with van der Waals surface area (Å²) in [6, 6.07) is 8.23.